The minimum absolute atomic E-state index is 0.450. The van der Waals surface area contributed by atoms with Crippen LogP contribution in [0.25, 0.3) is 0 Å². The first kappa shape index (κ1) is 13.1. The molecule has 104 valence electrons. The Morgan fingerprint density at radius 3 is 3.05 bits per heavy atom. The van der Waals surface area contributed by atoms with Crippen molar-refractivity contribution in [1.82, 2.24) is 14.9 Å². The molecule has 1 aromatic heterocycles. The Hall–Kier alpha value is -0.920. The number of hydrazine groups is 1. The highest BCUT2D eigenvalue weighted by atomic mass is 79.9. The van der Waals surface area contributed by atoms with E-state index in [-0.39, 0.29) is 0 Å². The number of nitrogens with zero attached hydrogens (tertiary/aromatic N) is 4. The maximum atomic E-state index is 5.47. The number of fused-ring (bicyclic) bond motifs is 1. The molecule has 3 N–H and O–H groups in total. The van der Waals surface area contributed by atoms with Gasteiger partial charge in [-0.1, -0.05) is 0 Å². The van der Waals surface area contributed by atoms with Crippen molar-refractivity contribution in [3.8, 4) is 0 Å². The molecule has 2 fully saturated rings. The van der Waals surface area contributed by atoms with Crippen molar-refractivity contribution in [2.45, 2.75) is 31.8 Å². The van der Waals surface area contributed by atoms with Crippen LogP contribution in [0, 0.1) is 0 Å². The van der Waals surface area contributed by atoms with Crippen molar-refractivity contribution in [3.05, 3.63) is 10.8 Å². The van der Waals surface area contributed by atoms with Crippen LogP contribution < -0.4 is 16.2 Å². The molecule has 1 aromatic rings. The topological polar surface area (TPSA) is 70.3 Å². The smallest absolute Gasteiger partial charge is 0.159 e. The molecule has 7 heteroatoms. The Labute approximate surface area is 121 Å². The fraction of sp³-hybridized carbons (Fsp3) is 0.667. The van der Waals surface area contributed by atoms with Gasteiger partial charge in [0.15, 0.2) is 5.82 Å². The summed E-state index contributed by atoms with van der Waals surface area (Å²) in [5.74, 6) is 7.04. The average Bonchev–Trinajstić information content (AvgIpc) is 2.85. The van der Waals surface area contributed by atoms with E-state index in [9.17, 15) is 0 Å². The van der Waals surface area contributed by atoms with Crippen LogP contribution in [0.1, 0.15) is 19.8 Å². The number of piperazine rings is 1. The quantitative estimate of drug-likeness (QED) is 0.628. The molecule has 2 atom stereocenters. The molecule has 19 heavy (non-hydrogen) atoms. The van der Waals surface area contributed by atoms with Gasteiger partial charge in [-0.3, -0.25) is 4.90 Å². The van der Waals surface area contributed by atoms with Crippen molar-refractivity contribution in [1.29, 1.82) is 0 Å². The number of aromatic nitrogens is 2. The van der Waals surface area contributed by atoms with Crippen LogP contribution >= 0.6 is 15.9 Å². The van der Waals surface area contributed by atoms with Gasteiger partial charge in [0.25, 0.3) is 0 Å². The van der Waals surface area contributed by atoms with E-state index < -0.39 is 0 Å². The third kappa shape index (κ3) is 2.30. The molecule has 3 heterocycles. The fourth-order valence-electron chi connectivity index (χ4n) is 3.14. The number of nitrogen functional groups attached to an aromatic ring is 1. The van der Waals surface area contributed by atoms with Gasteiger partial charge in [-0.15, -0.1) is 0 Å². The number of rotatable bonds is 2. The maximum absolute atomic E-state index is 5.47. The number of hydrogen-bond donors (Lipinski definition) is 2. The molecule has 3 rings (SSSR count). The summed E-state index contributed by atoms with van der Waals surface area (Å²) in [6.45, 7) is 5.62. The molecular formula is C12H19BrN6. The zero-order valence-corrected chi connectivity index (χ0v) is 12.6. The Balaban J connectivity index is 1.89. The summed E-state index contributed by atoms with van der Waals surface area (Å²) in [5.41, 5.74) is 2.60. The number of hydrogen-bond acceptors (Lipinski definition) is 6. The van der Waals surface area contributed by atoms with E-state index in [1.54, 1.807) is 6.33 Å². The van der Waals surface area contributed by atoms with Gasteiger partial charge in [0.1, 0.15) is 16.6 Å². The first-order valence-electron chi connectivity index (χ1n) is 6.68. The number of anilines is 2. The van der Waals surface area contributed by atoms with Crippen LogP contribution in [0.2, 0.25) is 0 Å². The first-order valence-corrected chi connectivity index (χ1v) is 7.48. The summed E-state index contributed by atoms with van der Waals surface area (Å²) in [5, 5.41) is 0. The van der Waals surface area contributed by atoms with E-state index >= 15 is 0 Å². The SMILES string of the molecule is CC1CN2CCCC2CN1c1ncnc(NN)c1Br. The van der Waals surface area contributed by atoms with E-state index in [1.807, 2.05) is 0 Å². The average molecular weight is 327 g/mol. The van der Waals surface area contributed by atoms with E-state index in [2.05, 4.69) is 48.0 Å². The second kappa shape index (κ2) is 5.22. The molecule has 0 bridgehead atoms. The normalized spacial score (nSPS) is 27.4. The van der Waals surface area contributed by atoms with E-state index in [0.29, 0.717) is 17.9 Å². The lowest BCUT2D eigenvalue weighted by atomic mass is 10.1. The van der Waals surface area contributed by atoms with Crippen LogP contribution in [0.3, 0.4) is 0 Å². The van der Waals surface area contributed by atoms with Crippen molar-refractivity contribution >= 4 is 27.6 Å². The standard InChI is InChI=1S/C12H19BrN6/c1-8-5-18-4-2-3-9(18)6-19(8)12-10(13)11(17-14)15-7-16-12/h7-9H,2-6,14H2,1H3,(H,15,16,17). The Morgan fingerprint density at radius 1 is 1.42 bits per heavy atom. The van der Waals surface area contributed by atoms with Gasteiger partial charge in [-0.25, -0.2) is 15.8 Å². The molecule has 0 saturated carbocycles. The molecule has 0 aliphatic carbocycles. The maximum Gasteiger partial charge on any atom is 0.159 e. The minimum Gasteiger partial charge on any atom is -0.350 e. The lowest BCUT2D eigenvalue weighted by molar-refractivity contribution is 0.202. The van der Waals surface area contributed by atoms with Crippen molar-refractivity contribution in [2.24, 2.45) is 5.84 Å². The fourth-order valence-corrected chi connectivity index (χ4v) is 3.69. The van der Waals surface area contributed by atoms with Crippen LogP contribution in [0.15, 0.2) is 10.8 Å². The largest absolute Gasteiger partial charge is 0.350 e. The number of halogens is 1. The van der Waals surface area contributed by atoms with Crippen molar-refractivity contribution < 1.29 is 0 Å². The molecular weight excluding hydrogens is 308 g/mol. The predicted molar refractivity (Wildman–Crippen MR) is 78.9 cm³/mol. The first-order chi connectivity index (χ1) is 9.20. The molecule has 2 aliphatic rings. The lowest BCUT2D eigenvalue weighted by Gasteiger charge is -2.43. The summed E-state index contributed by atoms with van der Waals surface area (Å²) in [6.07, 6.45) is 4.16. The van der Waals surface area contributed by atoms with Crippen LogP contribution in [-0.2, 0) is 0 Å². The van der Waals surface area contributed by atoms with E-state index in [1.165, 1.54) is 19.4 Å². The third-order valence-electron chi connectivity index (χ3n) is 4.12. The second-order valence-corrected chi connectivity index (χ2v) is 6.09. The zero-order valence-electron chi connectivity index (χ0n) is 11.0. The van der Waals surface area contributed by atoms with Crippen LogP contribution in [0.4, 0.5) is 11.6 Å². The highest BCUT2D eigenvalue weighted by Crippen LogP contribution is 2.34. The summed E-state index contributed by atoms with van der Waals surface area (Å²) < 4.78 is 0.843. The third-order valence-corrected chi connectivity index (χ3v) is 4.85. The minimum atomic E-state index is 0.450. The molecule has 0 amide bonds. The highest BCUT2D eigenvalue weighted by Gasteiger charge is 2.35. The summed E-state index contributed by atoms with van der Waals surface area (Å²) >= 11 is 3.55. The lowest BCUT2D eigenvalue weighted by Crippen LogP contribution is -2.55. The number of nitrogens with two attached hydrogens (primary N) is 1. The molecule has 0 aromatic carbocycles. The molecule has 6 nitrogen and oxygen atoms in total. The van der Waals surface area contributed by atoms with Gasteiger partial charge in [0, 0.05) is 25.2 Å². The highest BCUT2D eigenvalue weighted by molar-refractivity contribution is 9.10. The van der Waals surface area contributed by atoms with Crippen molar-refractivity contribution in [3.63, 3.8) is 0 Å². The Morgan fingerprint density at radius 2 is 2.26 bits per heavy atom. The van der Waals surface area contributed by atoms with Crippen LogP contribution in [0.5, 0.6) is 0 Å². The molecule has 0 radical (unpaired) electrons. The van der Waals surface area contributed by atoms with Crippen LogP contribution in [-0.4, -0.2) is 46.6 Å². The molecule has 2 unspecified atom stereocenters. The van der Waals surface area contributed by atoms with E-state index in [0.717, 1.165) is 23.4 Å². The zero-order chi connectivity index (χ0) is 13.4. The van der Waals surface area contributed by atoms with Gasteiger partial charge in [0.05, 0.1) is 0 Å². The summed E-state index contributed by atoms with van der Waals surface area (Å²) in [4.78, 5) is 13.5. The molecule has 2 aliphatic heterocycles. The summed E-state index contributed by atoms with van der Waals surface area (Å²) in [7, 11) is 0. The van der Waals surface area contributed by atoms with Gasteiger partial charge in [-0.05, 0) is 42.2 Å². The molecule has 0 spiro atoms. The van der Waals surface area contributed by atoms with Gasteiger partial charge < -0.3 is 10.3 Å². The summed E-state index contributed by atoms with van der Waals surface area (Å²) in [6, 6.07) is 1.11. The van der Waals surface area contributed by atoms with Gasteiger partial charge in [-0.2, -0.15) is 0 Å². The Bertz CT molecular complexity index is 468. The van der Waals surface area contributed by atoms with Gasteiger partial charge in [0.2, 0.25) is 0 Å². The predicted octanol–water partition coefficient (Wildman–Crippen LogP) is 1.20. The van der Waals surface area contributed by atoms with Gasteiger partial charge >= 0.3 is 0 Å². The van der Waals surface area contributed by atoms with Crippen molar-refractivity contribution in [2.75, 3.05) is 30.0 Å². The monoisotopic (exact) mass is 326 g/mol. The molecule has 2 saturated heterocycles. The second-order valence-electron chi connectivity index (χ2n) is 5.30. The number of nitrogens with one attached hydrogen (secondary N) is 1. The van der Waals surface area contributed by atoms with E-state index in [4.69, 9.17) is 5.84 Å². The Kier molecular flexibility index (Phi) is 3.60.